The molecule has 0 unspecified atom stereocenters. The second-order valence-electron chi connectivity index (χ2n) is 5.34. The molecule has 0 aliphatic rings. The highest BCUT2D eigenvalue weighted by Crippen LogP contribution is 2.12. The van der Waals surface area contributed by atoms with E-state index in [1.807, 2.05) is 23.6 Å². The Morgan fingerprint density at radius 3 is 2.77 bits per heavy atom. The Balaban J connectivity index is 1.85. The molecule has 0 saturated carbocycles. The molecule has 1 amide bonds. The van der Waals surface area contributed by atoms with Crippen LogP contribution in [-0.4, -0.2) is 25.8 Å². The lowest BCUT2D eigenvalue weighted by molar-refractivity contribution is -0.121. The topological polar surface area (TPSA) is 80.0 Å². The summed E-state index contributed by atoms with van der Waals surface area (Å²) in [6.07, 6.45) is 3.72. The van der Waals surface area contributed by atoms with Crippen molar-refractivity contribution in [3.63, 3.8) is 0 Å². The van der Waals surface area contributed by atoms with Crippen molar-refractivity contribution < 1.29 is 9.90 Å². The Bertz CT molecular complexity index is 607. The third kappa shape index (κ3) is 4.31. The van der Waals surface area contributed by atoms with E-state index in [0.29, 0.717) is 12.8 Å². The predicted molar refractivity (Wildman–Crippen MR) is 83.3 cm³/mol. The number of carbonyl (C=O) groups is 1. The van der Waals surface area contributed by atoms with Crippen LogP contribution in [0.2, 0.25) is 0 Å². The third-order valence-electron chi connectivity index (χ3n) is 3.45. The van der Waals surface area contributed by atoms with Crippen LogP contribution >= 0.6 is 0 Å². The Labute approximate surface area is 130 Å². The van der Waals surface area contributed by atoms with E-state index in [1.165, 1.54) is 0 Å². The number of aryl methyl sites for hydroxylation is 2. The molecule has 0 saturated heterocycles. The number of amides is 1. The number of aromatic hydroxyl groups is 1. The van der Waals surface area contributed by atoms with Crippen LogP contribution in [0, 0.1) is 0 Å². The molecule has 0 fully saturated rings. The minimum absolute atomic E-state index is 0.0216. The van der Waals surface area contributed by atoms with E-state index < -0.39 is 0 Å². The van der Waals surface area contributed by atoms with Gasteiger partial charge in [0.15, 0.2) is 5.82 Å². The molecule has 2 rings (SSSR count). The maximum absolute atomic E-state index is 12.0. The van der Waals surface area contributed by atoms with Gasteiger partial charge in [-0.05, 0) is 37.5 Å². The van der Waals surface area contributed by atoms with Crippen LogP contribution in [0.3, 0.4) is 0 Å². The number of aromatic nitrogens is 3. The van der Waals surface area contributed by atoms with Gasteiger partial charge in [0.25, 0.3) is 0 Å². The van der Waals surface area contributed by atoms with Gasteiger partial charge in [-0.3, -0.25) is 4.79 Å². The Hall–Kier alpha value is -2.37. The Morgan fingerprint density at radius 2 is 2.09 bits per heavy atom. The number of hydrogen-bond acceptors (Lipinski definition) is 4. The fourth-order valence-electron chi connectivity index (χ4n) is 2.31. The van der Waals surface area contributed by atoms with E-state index in [4.69, 9.17) is 0 Å². The average molecular weight is 302 g/mol. The van der Waals surface area contributed by atoms with Gasteiger partial charge in [-0.15, -0.1) is 10.2 Å². The van der Waals surface area contributed by atoms with Crippen LogP contribution in [0.4, 0.5) is 0 Å². The molecule has 1 aromatic heterocycles. The van der Waals surface area contributed by atoms with Gasteiger partial charge in [-0.25, -0.2) is 0 Å². The lowest BCUT2D eigenvalue weighted by atomic mass is 10.1. The zero-order valence-electron chi connectivity index (χ0n) is 13.0. The van der Waals surface area contributed by atoms with Crippen LogP contribution in [-0.2, 0) is 17.8 Å². The van der Waals surface area contributed by atoms with Crippen molar-refractivity contribution >= 4 is 5.91 Å². The zero-order valence-corrected chi connectivity index (χ0v) is 13.0. The van der Waals surface area contributed by atoms with Gasteiger partial charge in [0.2, 0.25) is 5.91 Å². The summed E-state index contributed by atoms with van der Waals surface area (Å²) in [5.74, 6) is 0.989. The van der Waals surface area contributed by atoms with Gasteiger partial charge in [-0.2, -0.15) is 0 Å². The fraction of sp³-hybridized carbons (Fsp3) is 0.438. The third-order valence-corrected chi connectivity index (χ3v) is 3.45. The van der Waals surface area contributed by atoms with Crippen molar-refractivity contribution in [1.29, 1.82) is 0 Å². The number of nitrogens with zero attached hydrogens (tertiary/aromatic N) is 3. The zero-order chi connectivity index (χ0) is 15.9. The summed E-state index contributed by atoms with van der Waals surface area (Å²) in [5, 5.41) is 20.2. The number of carbonyl (C=O) groups excluding carboxylic acids is 1. The summed E-state index contributed by atoms with van der Waals surface area (Å²) in [7, 11) is 0. The summed E-state index contributed by atoms with van der Waals surface area (Å²) >= 11 is 0. The first-order valence-corrected chi connectivity index (χ1v) is 7.55. The van der Waals surface area contributed by atoms with Gasteiger partial charge >= 0.3 is 0 Å². The van der Waals surface area contributed by atoms with Crippen molar-refractivity contribution in [3.05, 3.63) is 42.0 Å². The summed E-state index contributed by atoms with van der Waals surface area (Å²) in [4.78, 5) is 12.0. The maximum Gasteiger partial charge on any atom is 0.220 e. The second kappa shape index (κ2) is 7.59. The summed E-state index contributed by atoms with van der Waals surface area (Å²) in [6.45, 7) is 4.84. The second-order valence-corrected chi connectivity index (χ2v) is 5.34. The normalized spacial score (nSPS) is 12.1. The molecule has 118 valence electrons. The van der Waals surface area contributed by atoms with Crippen molar-refractivity contribution in [1.82, 2.24) is 20.1 Å². The Morgan fingerprint density at radius 1 is 1.36 bits per heavy atom. The van der Waals surface area contributed by atoms with E-state index in [1.54, 1.807) is 18.5 Å². The molecule has 1 atom stereocenters. The van der Waals surface area contributed by atoms with Gasteiger partial charge in [0, 0.05) is 13.0 Å². The fourth-order valence-corrected chi connectivity index (χ4v) is 2.31. The summed E-state index contributed by atoms with van der Waals surface area (Å²) in [5.41, 5.74) is 1.02. The van der Waals surface area contributed by atoms with Crippen LogP contribution in [0.25, 0.3) is 0 Å². The molecule has 1 aromatic carbocycles. The number of benzene rings is 1. The Kier molecular flexibility index (Phi) is 5.52. The lowest BCUT2D eigenvalue weighted by Gasteiger charge is -2.14. The maximum atomic E-state index is 12.0. The van der Waals surface area contributed by atoms with E-state index >= 15 is 0 Å². The molecule has 6 nitrogen and oxygen atoms in total. The number of phenolic OH excluding ortho intramolecular Hbond substituents is 1. The molecule has 2 aromatic rings. The van der Waals surface area contributed by atoms with E-state index in [9.17, 15) is 9.90 Å². The van der Waals surface area contributed by atoms with Crippen molar-refractivity contribution in [3.8, 4) is 5.75 Å². The van der Waals surface area contributed by atoms with Crippen LogP contribution in [0.15, 0.2) is 30.6 Å². The van der Waals surface area contributed by atoms with Gasteiger partial charge < -0.3 is 15.0 Å². The monoisotopic (exact) mass is 302 g/mol. The minimum atomic E-state index is -0.165. The first kappa shape index (κ1) is 16.0. The number of phenols is 1. The molecule has 0 spiro atoms. The van der Waals surface area contributed by atoms with Crippen LogP contribution in [0.1, 0.15) is 44.1 Å². The lowest BCUT2D eigenvalue weighted by Crippen LogP contribution is -2.28. The molecule has 0 radical (unpaired) electrons. The van der Waals surface area contributed by atoms with Gasteiger partial charge in [-0.1, -0.05) is 19.1 Å². The van der Waals surface area contributed by atoms with Crippen molar-refractivity contribution in [2.75, 3.05) is 0 Å². The molecule has 0 bridgehead atoms. The standard InChI is InChI=1S/C16H22N4O2/c1-3-10-20-11-17-19-16(20)12(2)18-15(22)9-6-13-4-7-14(21)8-5-13/h4-5,7-8,11-12,21H,3,6,9-10H2,1-2H3,(H,18,22)/t12-/m1/s1. The van der Waals surface area contributed by atoms with E-state index in [0.717, 1.165) is 24.4 Å². The summed E-state index contributed by atoms with van der Waals surface area (Å²) < 4.78 is 1.96. The average Bonchev–Trinajstić information content (AvgIpc) is 2.95. The molecule has 2 N–H and O–H groups in total. The van der Waals surface area contributed by atoms with Crippen LogP contribution < -0.4 is 5.32 Å². The first-order chi connectivity index (χ1) is 10.6. The minimum Gasteiger partial charge on any atom is -0.508 e. The SMILES string of the molecule is CCCn1cnnc1[C@@H](C)NC(=O)CCc1ccc(O)cc1. The number of rotatable bonds is 7. The molecule has 1 heterocycles. The van der Waals surface area contributed by atoms with Crippen molar-refractivity contribution in [2.24, 2.45) is 0 Å². The van der Waals surface area contributed by atoms with Crippen molar-refractivity contribution in [2.45, 2.75) is 45.7 Å². The molecular formula is C16H22N4O2. The quantitative estimate of drug-likeness (QED) is 0.821. The predicted octanol–water partition coefficient (Wildman–Crippen LogP) is 2.20. The molecule has 0 aliphatic carbocycles. The smallest absolute Gasteiger partial charge is 0.220 e. The molecule has 22 heavy (non-hydrogen) atoms. The molecule has 0 aliphatic heterocycles. The molecular weight excluding hydrogens is 280 g/mol. The highest BCUT2D eigenvalue weighted by atomic mass is 16.3. The van der Waals surface area contributed by atoms with Gasteiger partial charge in [0.1, 0.15) is 12.1 Å². The van der Waals surface area contributed by atoms with E-state index in [2.05, 4.69) is 22.4 Å². The highest BCUT2D eigenvalue weighted by Gasteiger charge is 2.15. The first-order valence-electron chi connectivity index (χ1n) is 7.55. The highest BCUT2D eigenvalue weighted by molar-refractivity contribution is 5.76. The number of nitrogens with one attached hydrogen (secondary N) is 1. The number of hydrogen-bond donors (Lipinski definition) is 2. The van der Waals surface area contributed by atoms with Crippen LogP contribution in [0.5, 0.6) is 5.75 Å². The van der Waals surface area contributed by atoms with E-state index in [-0.39, 0.29) is 17.7 Å². The van der Waals surface area contributed by atoms with Gasteiger partial charge in [0.05, 0.1) is 6.04 Å². The molecule has 6 heteroatoms. The summed E-state index contributed by atoms with van der Waals surface area (Å²) in [6, 6.07) is 6.74. The largest absolute Gasteiger partial charge is 0.508 e.